The van der Waals surface area contributed by atoms with Crippen molar-refractivity contribution in [2.24, 2.45) is 5.92 Å². The molecular weight excluding hydrogens is 250 g/mol. The molecule has 6 heteroatoms. The Bertz CT molecular complexity index is 454. The number of hydrogen-bond acceptors (Lipinski definition) is 4. The number of hydrogen-bond donors (Lipinski definition) is 2. The molecule has 0 spiro atoms. The maximum Gasteiger partial charge on any atom is 0.309 e. The molecule has 1 saturated heterocycles. The van der Waals surface area contributed by atoms with Crippen LogP contribution in [0.15, 0.2) is 0 Å². The van der Waals surface area contributed by atoms with E-state index < -0.39 is 0 Å². The minimum Gasteiger partial charge on any atom is -0.462 e. The van der Waals surface area contributed by atoms with E-state index in [1.807, 2.05) is 0 Å². The van der Waals surface area contributed by atoms with Gasteiger partial charge in [-0.15, -0.1) is 0 Å². The van der Waals surface area contributed by atoms with Crippen LogP contribution in [0.3, 0.4) is 0 Å². The molecule has 2 rings (SSSR count). The molecule has 0 aromatic carbocycles. The van der Waals surface area contributed by atoms with E-state index in [0.717, 1.165) is 25.1 Å². The van der Waals surface area contributed by atoms with Crippen molar-refractivity contribution < 1.29 is 9.53 Å². The number of ether oxygens (including phenoxy) is 1. The zero-order valence-corrected chi connectivity index (χ0v) is 11.4. The van der Waals surface area contributed by atoms with Crippen LogP contribution in [0, 0.1) is 10.7 Å². The van der Waals surface area contributed by atoms with Crippen LogP contribution in [0.4, 0.5) is 0 Å². The highest BCUT2D eigenvalue weighted by atomic mass is 32.1. The number of aromatic amines is 2. The summed E-state index contributed by atoms with van der Waals surface area (Å²) in [7, 11) is 0. The van der Waals surface area contributed by atoms with E-state index in [0.29, 0.717) is 11.2 Å². The number of H-pyrrole nitrogens is 2. The number of cyclic esters (lactones) is 1. The van der Waals surface area contributed by atoms with E-state index in [-0.39, 0.29) is 18.0 Å². The van der Waals surface area contributed by atoms with Crippen LogP contribution in [0.5, 0.6) is 0 Å². The molecule has 1 fully saturated rings. The topological polar surface area (TPSA) is 70.8 Å². The smallest absolute Gasteiger partial charge is 0.309 e. The summed E-state index contributed by atoms with van der Waals surface area (Å²) in [6.45, 7) is 2.17. The number of unbranched alkanes of at least 4 members (excludes halogenated alkanes) is 2. The predicted molar refractivity (Wildman–Crippen MR) is 69.6 cm³/mol. The van der Waals surface area contributed by atoms with Gasteiger partial charge in [-0.25, -0.2) is 4.98 Å². The molecule has 0 saturated carbocycles. The van der Waals surface area contributed by atoms with Gasteiger partial charge in [-0.3, -0.25) is 15.0 Å². The zero-order chi connectivity index (χ0) is 13.0. The van der Waals surface area contributed by atoms with Gasteiger partial charge in [0, 0.05) is 6.42 Å². The van der Waals surface area contributed by atoms with Crippen molar-refractivity contribution in [1.29, 1.82) is 0 Å². The van der Waals surface area contributed by atoms with Crippen LogP contribution in [0.25, 0.3) is 0 Å². The Morgan fingerprint density at radius 1 is 1.44 bits per heavy atom. The van der Waals surface area contributed by atoms with E-state index in [2.05, 4.69) is 22.1 Å². The van der Waals surface area contributed by atoms with Crippen LogP contribution >= 0.6 is 12.2 Å². The van der Waals surface area contributed by atoms with E-state index in [1.54, 1.807) is 0 Å². The number of nitrogens with one attached hydrogen (secondary N) is 2. The highest BCUT2D eigenvalue weighted by molar-refractivity contribution is 7.71. The lowest BCUT2D eigenvalue weighted by molar-refractivity contribution is -0.144. The van der Waals surface area contributed by atoms with Gasteiger partial charge in [0.15, 0.2) is 0 Å². The molecule has 0 unspecified atom stereocenters. The highest BCUT2D eigenvalue weighted by Crippen LogP contribution is 2.27. The van der Waals surface area contributed by atoms with Crippen LogP contribution in [-0.4, -0.2) is 27.3 Å². The molecule has 2 atom stereocenters. The summed E-state index contributed by atoms with van der Waals surface area (Å²) in [6, 6.07) is 0. The Morgan fingerprint density at radius 3 is 2.94 bits per heavy atom. The van der Waals surface area contributed by atoms with Gasteiger partial charge in [-0.1, -0.05) is 19.8 Å². The number of carbonyl (C=O) groups excluding carboxylic acids is 1. The fourth-order valence-electron chi connectivity index (χ4n) is 2.32. The third-order valence-corrected chi connectivity index (χ3v) is 3.48. The lowest BCUT2D eigenvalue weighted by Gasteiger charge is -2.07. The molecule has 0 amide bonds. The van der Waals surface area contributed by atoms with E-state index >= 15 is 0 Å². The second-order valence-electron chi connectivity index (χ2n) is 4.81. The fourth-order valence-corrected chi connectivity index (χ4v) is 2.48. The monoisotopic (exact) mass is 269 g/mol. The van der Waals surface area contributed by atoms with Crippen molar-refractivity contribution in [3.05, 3.63) is 10.6 Å². The second-order valence-corrected chi connectivity index (χ2v) is 5.19. The molecule has 0 bridgehead atoms. The lowest BCUT2D eigenvalue weighted by atomic mass is 9.98. The van der Waals surface area contributed by atoms with Gasteiger partial charge < -0.3 is 4.74 Å². The van der Waals surface area contributed by atoms with Crippen molar-refractivity contribution in [2.45, 2.75) is 51.6 Å². The molecule has 1 aromatic heterocycles. The molecule has 0 aliphatic carbocycles. The number of carbonyl (C=O) groups is 1. The third kappa shape index (κ3) is 3.41. The summed E-state index contributed by atoms with van der Waals surface area (Å²) in [6.07, 6.45) is 5.97. The largest absolute Gasteiger partial charge is 0.462 e. The molecular formula is C12H19N3O2S. The van der Waals surface area contributed by atoms with Crippen LogP contribution in [-0.2, 0) is 16.0 Å². The Labute approximate surface area is 111 Å². The highest BCUT2D eigenvalue weighted by Gasteiger charge is 2.34. The minimum atomic E-state index is -0.0983. The van der Waals surface area contributed by atoms with Crippen molar-refractivity contribution in [2.75, 3.05) is 0 Å². The zero-order valence-electron chi connectivity index (χ0n) is 10.6. The van der Waals surface area contributed by atoms with Gasteiger partial charge in [-0.05, 0) is 31.5 Å². The fraction of sp³-hybridized carbons (Fsp3) is 0.750. The molecule has 1 aliphatic rings. The van der Waals surface area contributed by atoms with E-state index in [9.17, 15) is 4.79 Å². The van der Waals surface area contributed by atoms with Gasteiger partial charge >= 0.3 is 5.97 Å². The third-order valence-electron chi connectivity index (χ3n) is 3.28. The summed E-state index contributed by atoms with van der Waals surface area (Å²) in [5.74, 6) is 0.556. The van der Waals surface area contributed by atoms with Crippen LogP contribution in [0.2, 0.25) is 0 Å². The standard InChI is InChI=1S/C12H19N3O2S/c1-2-3-4-5-9-6-8(11(16)17-9)7-10-13-12(18)15-14-10/h8-9H,2-7H2,1H3,(H2,13,14,15,18)/t8-,9+/m0/s1. The number of nitrogens with zero attached hydrogens (tertiary/aromatic N) is 1. The Kier molecular flexibility index (Phi) is 4.52. The summed E-state index contributed by atoms with van der Waals surface area (Å²) < 4.78 is 5.81. The quantitative estimate of drug-likeness (QED) is 0.473. The number of esters is 1. The Hall–Kier alpha value is -1.17. The Morgan fingerprint density at radius 2 is 2.28 bits per heavy atom. The average molecular weight is 269 g/mol. The first-order chi connectivity index (χ1) is 8.69. The molecule has 1 aromatic rings. The maximum atomic E-state index is 11.7. The van der Waals surface area contributed by atoms with Gasteiger partial charge in [0.05, 0.1) is 5.92 Å². The van der Waals surface area contributed by atoms with Gasteiger partial charge in [0.2, 0.25) is 4.77 Å². The van der Waals surface area contributed by atoms with Crippen molar-refractivity contribution >= 4 is 18.2 Å². The molecule has 5 nitrogen and oxygen atoms in total. The first-order valence-corrected chi connectivity index (χ1v) is 6.94. The summed E-state index contributed by atoms with van der Waals surface area (Å²) in [5, 5.41) is 5.61. The predicted octanol–water partition coefficient (Wildman–Crippen LogP) is 2.52. The molecule has 1 aliphatic heterocycles. The Balaban J connectivity index is 1.83. The lowest BCUT2D eigenvalue weighted by Crippen LogP contribution is -2.11. The van der Waals surface area contributed by atoms with E-state index in [1.165, 1.54) is 12.8 Å². The molecule has 2 N–H and O–H groups in total. The SMILES string of the molecule is CCCCC[C@@H]1C[C@@H](Cc2nc(=S)[nH][nH]2)C(=O)O1. The normalized spacial score (nSPS) is 23.3. The van der Waals surface area contributed by atoms with Gasteiger partial charge in [0.25, 0.3) is 0 Å². The summed E-state index contributed by atoms with van der Waals surface area (Å²) in [5.41, 5.74) is 0. The maximum absolute atomic E-state index is 11.7. The first-order valence-electron chi connectivity index (χ1n) is 6.53. The summed E-state index contributed by atoms with van der Waals surface area (Å²) >= 11 is 4.88. The molecule has 18 heavy (non-hydrogen) atoms. The van der Waals surface area contributed by atoms with Crippen molar-refractivity contribution in [3.63, 3.8) is 0 Å². The number of aromatic nitrogens is 3. The molecule has 100 valence electrons. The summed E-state index contributed by atoms with van der Waals surface area (Å²) in [4.78, 5) is 15.8. The van der Waals surface area contributed by atoms with Crippen molar-refractivity contribution in [3.8, 4) is 0 Å². The minimum absolute atomic E-state index is 0.0782. The molecule has 0 radical (unpaired) electrons. The van der Waals surface area contributed by atoms with E-state index in [4.69, 9.17) is 17.0 Å². The van der Waals surface area contributed by atoms with Gasteiger partial charge in [0.1, 0.15) is 11.9 Å². The molecule has 2 heterocycles. The average Bonchev–Trinajstić information content (AvgIpc) is 2.88. The van der Waals surface area contributed by atoms with Gasteiger partial charge in [-0.2, -0.15) is 0 Å². The first kappa shape index (κ1) is 13.3. The van der Waals surface area contributed by atoms with Crippen LogP contribution in [0.1, 0.15) is 44.9 Å². The number of rotatable bonds is 6. The second kappa shape index (κ2) is 6.13. The van der Waals surface area contributed by atoms with Crippen molar-refractivity contribution in [1.82, 2.24) is 15.2 Å². The van der Waals surface area contributed by atoms with Crippen LogP contribution < -0.4 is 0 Å².